The molecule has 0 radical (unpaired) electrons. The molecule has 1 saturated carbocycles. The molecule has 3 rings (SSSR count). The number of amides is 1. The van der Waals surface area contributed by atoms with Gasteiger partial charge in [0.25, 0.3) is 5.91 Å². The Hall–Kier alpha value is -1.55. The monoisotopic (exact) mass is 273 g/mol. The van der Waals surface area contributed by atoms with Crippen LogP contribution in [0.5, 0.6) is 0 Å². The highest BCUT2D eigenvalue weighted by Crippen LogP contribution is 2.37. The van der Waals surface area contributed by atoms with E-state index in [-0.39, 0.29) is 5.91 Å². The first-order valence-electron chi connectivity index (χ1n) is 7.59. The van der Waals surface area contributed by atoms with Crippen molar-refractivity contribution < 1.29 is 4.79 Å². The molecule has 1 saturated heterocycles. The summed E-state index contributed by atoms with van der Waals surface area (Å²) in [7, 11) is 0. The van der Waals surface area contributed by atoms with E-state index in [9.17, 15) is 4.79 Å². The van der Waals surface area contributed by atoms with E-state index in [1.54, 1.807) is 0 Å². The molecular formula is C16H23N3O. The molecule has 2 unspecified atom stereocenters. The third kappa shape index (κ3) is 2.29. The minimum absolute atomic E-state index is 0.137. The van der Waals surface area contributed by atoms with Gasteiger partial charge < -0.3 is 10.3 Å². The molecule has 0 bridgehead atoms. The quantitative estimate of drug-likeness (QED) is 0.643. The summed E-state index contributed by atoms with van der Waals surface area (Å²) in [6.45, 7) is 2.89. The van der Waals surface area contributed by atoms with Crippen LogP contribution in [0.1, 0.15) is 48.0 Å². The molecule has 1 amide bonds. The van der Waals surface area contributed by atoms with Crippen molar-refractivity contribution in [2.45, 2.75) is 45.1 Å². The molecule has 108 valence electrons. The van der Waals surface area contributed by atoms with Crippen molar-refractivity contribution in [3.8, 4) is 0 Å². The summed E-state index contributed by atoms with van der Waals surface area (Å²) in [5.74, 6) is 6.41. The highest BCUT2D eigenvalue weighted by molar-refractivity contribution is 6.00. The Balaban J connectivity index is 1.90. The molecule has 1 aliphatic carbocycles. The van der Waals surface area contributed by atoms with Gasteiger partial charge in [-0.2, -0.15) is 0 Å². The smallest absolute Gasteiger partial charge is 0.256 e. The number of nitrogens with one attached hydrogen (secondary N) is 1. The van der Waals surface area contributed by atoms with Gasteiger partial charge in [0.2, 0.25) is 0 Å². The summed E-state index contributed by atoms with van der Waals surface area (Å²) >= 11 is 0. The Labute approximate surface area is 120 Å². The first-order valence-corrected chi connectivity index (χ1v) is 7.59. The maximum absolute atomic E-state index is 12.9. The molecule has 20 heavy (non-hydrogen) atoms. The van der Waals surface area contributed by atoms with Crippen LogP contribution in [0.25, 0.3) is 0 Å². The van der Waals surface area contributed by atoms with Crippen LogP contribution >= 0.6 is 0 Å². The van der Waals surface area contributed by atoms with Gasteiger partial charge in [-0.05, 0) is 50.7 Å². The Bertz CT molecular complexity index is 514. The standard InChI is InChI=1S/C16H23N3O/c1-11-7-8-14(18-17)13(10-11)16(20)19-9-3-5-12-4-2-6-15(12)19/h7-8,10,12,15,18H,2-6,9,17H2,1H3. The lowest BCUT2D eigenvalue weighted by atomic mass is 9.91. The van der Waals surface area contributed by atoms with E-state index in [1.165, 1.54) is 19.3 Å². The number of nitrogens with zero attached hydrogens (tertiary/aromatic N) is 1. The normalized spacial score (nSPS) is 25.4. The van der Waals surface area contributed by atoms with E-state index in [2.05, 4.69) is 10.3 Å². The predicted octanol–water partition coefficient (Wildman–Crippen LogP) is 2.69. The van der Waals surface area contributed by atoms with E-state index >= 15 is 0 Å². The van der Waals surface area contributed by atoms with Crippen LogP contribution in [0.15, 0.2) is 18.2 Å². The number of aryl methyl sites for hydroxylation is 1. The minimum atomic E-state index is 0.137. The molecular weight excluding hydrogens is 250 g/mol. The first kappa shape index (κ1) is 13.4. The van der Waals surface area contributed by atoms with Crippen molar-refractivity contribution in [1.82, 2.24) is 4.90 Å². The molecule has 3 N–H and O–H groups in total. The second-order valence-electron chi connectivity index (χ2n) is 6.09. The summed E-state index contributed by atoms with van der Waals surface area (Å²) in [5.41, 5.74) is 5.18. The lowest BCUT2D eigenvalue weighted by molar-refractivity contribution is 0.0549. The van der Waals surface area contributed by atoms with Crippen LogP contribution in [0, 0.1) is 12.8 Å². The van der Waals surface area contributed by atoms with Crippen molar-refractivity contribution in [1.29, 1.82) is 0 Å². The number of carbonyl (C=O) groups excluding carboxylic acids is 1. The van der Waals surface area contributed by atoms with E-state index in [4.69, 9.17) is 5.84 Å². The Morgan fingerprint density at radius 2 is 2.10 bits per heavy atom. The summed E-state index contributed by atoms with van der Waals surface area (Å²) in [4.78, 5) is 15.0. The van der Waals surface area contributed by atoms with Gasteiger partial charge in [-0.25, -0.2) is 0 Å². The van der Waals surface area contributed by atoms with Crippen LogP contribution < -0.4 is 11.3 Å². The number of piperidine rings is 1. The first-order chi connectivity index (χ1) is 9.70. The number of nitrogen functional groups attached to an aromatic ring is 1. The molecule has 2 aliphatic rings. The molecule has 2 atom stereocenters. The number of likely N-dealkylation sites (tertiary alicyclic amines) is 1. The summed E-state index contributed by atoms with van der Waals surface area (Å²) in [5, 5.41) is 0. The lowest BCUT2D eigenvalue weighted by Gasteiger charge is -2.38. The summed E-state index contributed by atoms with van der Waals surface area (Å²) < 4.78 is 0. The van der Waals surface area contributed by atoms with Crippen molar-refractivity contribution in [3.05, 3.63) is 29.3 Å². The Morgan fingerprint density at radius 3 is 2.90 bits per heavy atom. The second-order valence-corrected chi connectivity index (χ2v) is 6.09. The van der Waals surface area contributed by atoms with E-state index in [0.29, 0.717) is 17.5 Å². The van der Waals surface area contributed by atoms with Crippen LogP contribution in [-0.4, -0.2) is 23.4 Å². The van der Waals surface area contributed by atoms with Crippen molar-refractivity contribution >= 4 is 11.6 Å². The highest BCUT2D eigenvalue weighted by Gasteiger charge is 2.37. The number of benzene rings is 1. The fourth-order valence-corrected chi connectivity index (χ4v) is 3.82. The van der Waals surface area contributed by atoms with Crippen molar-refractivity contribution in [2.24, 2.45) is 11.8 Å². The third-order valence-electron chi connectivity index (χ3n) is 4.82. The zero-order chi connectivity index (χ0) is 14.1. The molecule has 1 heterocycles. The van der Waals surface area contributed by atoms with E-state index < -0.39 is 0 Å². The minimum Gasteiger partial charge on any atom is -0.335 e. The van der Waals surface area contributed by atoms with Gasteiger partial charge in [-0.15, -0.1) is 0 Å². The summed E-state index contributed by atoms with van der Waals surface area (Å²) in [6.07, 6.45) is 6.11. The zero-order valence-electron chi connectivity index (χ0n) is 12.1. The van der Waals surface area contributed by atoms with Crippen LogP contribution in [-0.2, 0) is 0 Å². The molecule has 4 nitrogen and oxygen atoms in total. The Morgan fingerprint density at radius 1 is 1.30 bits per heavy atom. The molecule has 1 aliphatic heterocycles. The predicted molar refractivity (Wildman–Crippen MR) is 80.4 cm³/mol. The number of hydrazine groups is 1. The van der Waals surface area contributed by atoms with Gasteiger partial charge >= 0.3 is 0 Å². The lowest BCUT2D eigenvalue weighted by Crippen LogP contribution is -2.46. The zero-order valence-corrected chi connectivity index (χ0v) is 12.1. The van der Waals surface area contributed by atoms with Gasteiger partial charge in [-0.3, -0.25) is 10.6 Å². The fraction of sp³-hybridized carbons (Fsp3) is 0.562. The second kappa shape index (κ2) is 5.44. The maximum Gasteiger partial charge on any atom is 0.256 e. The number of hydrogen-bond acceptors (Lipinski definition) is 3. The van der Waals surface area contributed by atoms with Crippen LogP contribution in [0.2, 0.25) is 0 Å². The molecule has 1 aromatic rings. The number of carbonyl (C=O) groups is 1. The third-order valence-corrected chi connectivity index (χ3v) is 4.82. The van der Waals surface area contributed by atoms with Crippen LogP contribution in [0.3, 0.4) is 0 Å². The SMILES string of the molecule is Cc1ccc(NN)c(C(=O)N2CCCC3CCCC32)c1. The number of nitrogens with two attached hydrogens (primary N) is 1. The fourth-order valence-electron chi connectivity index (χ4n) is 3.82. The number of rotatable bonds is 2. The average Bonchev–Trinajstić information content (AvgIpc) is 2.94. The molecule has 0 spiro atoms. The highest BCUT2D eigenvalue weighted by atomic mass is 16.2. The number of fused-ring (bicyclic) bond motifs is 1. The number of anilines is 1. The van der Waals surface area contributed by atoms with Gasteiger partial charge in [0.1, 0.15) is 0 Å². The van der Waals surface area contributed by atoms with Crippen molar-refractivity contribution in [3.63, 3.8) is 0 Å². The van der Waals surface area contributed by atoms with E-state index in [1.807, 2.05) is 25.1 Å². The van der Waals surface area contributed by atoms with Crippen LogP contribution in [0.4, 0.5) is 5.69 Å². The molecule has 0 aromatic heterocycles. The number of hydrogen-bond donors (Lipinski definition) is 2. The van der Waals surface area contributed by atoms with E-state index in [0.717, 1.165) is 30.6 Å². The van der Waals surface area contributed by atoms with Gasteiger partial charge in [0, 0.05) is 12.6 Å². The average molecular weight is 273 g/mol. The van der Waals surface area contributed by atoms with Gasteiger partial charge in [0.15, 0.2) is 0 Å². The molecule has 2 fully saturated rings. The van der Waals surface area contributed by atoms with Gasteiger partial charge in [-0.1, -0.05) is 18.1 Å². The molecule has 1 aromatic carbocycles. The Kier molecular flexibility index (Phi) is 3.66. The molecule has 4 heteroatoms. The largest absolute Gasteiger partial charge is 0.335 e. The van der Waals surface area contributed by atoms with Gasteiger partial charge in [0.05, 0.1) is 11.3 Å². The van der Waals surface area contributed by atoms with Crippen molar-refractivity contribution in [2.75, 3.05) is 12.0 Å². The topological polar surface area (TPSA) is 58.4 Å². The maximum atomic E-state index is 12.9. The summed E-state index contributed by atoms with van der Waals surface area (Å²) in [6, 6.07) is 6.25.